The van der Waals surface area contributed by atoms with Crippen LogP contribution in [0.4, 0.5) is 5.69 Å². The molecular weight excluding hydrogens is 527 g/mol. The highest BCUT2D eigenvalue weighted by molar-refractivity contribution is 14.0. The molecule has 6 nitrogen and oxygen atoms in total. The lowest BCUT2D eigenvalue weighted by Crippen LogP contribution is -2.34. The van der Waals surface area contributed by atoms with Gasteiger partial charge in [0.25, 0.3) is 0 Å². The maximum Gasteiger partial charge on any atom is 0.188 e. The van der Waals surface area contributed by atoms with Gasteiger partial charge in [0.1, 0.15) is 0 Å². The number of benzene rings is 2. The van der Waals surface area contributed by atoms with Crippen LogP contribution in [0, 0.1) is 12.8 Å². The smallest absolute Gasteiger partial charge is 0.188 e. The Morgan fingerprint density at radius 2 is 1.97 bits per heavy atom. The standard InChI is InChI=1S/C23H31ClN4O2.HI/c1-16-4-6-19(24)13-20(16)28-11-9-18(15-28)14-27-23(25)26-10-8-17-5-7-21(29-2)22(12-17)30-3;/h4-7,12-13,18H,8-11,14-15H2,1-3H3,(H3,25,26,27);1H. The van der Waals surface area contributed by atoms with Crippen LogP contribution in [0.5, 0.6) is 11.5 Å². The van der Waals surface area contributed by atoms with Gasteiger partial charge in [-0.3, -0.25) is 4.99 Å². The van der Waals surface area contributed by atoms with Gasteiger partial charge < -0.3 is 25.4 Å². The third-order valence-corrected chi connectivity index (χ3v) is 5.72. The van der Waals surface area contributed by atoms with E-state index in [4.69, 9.17) is 26.8 Å². The lowest BCUT2D eigenvalue weighted by atomic mass is 10.1. The number of guanidine groups is 1. The number of ether oxygens (including phenoxy) is 2. The van der Waals surface area contributed by atoms with Crippen molar-refractivity contribution in [1.29, 1.82) is 0 Å². The molecule has 0 radical (unpaired) electrons. The van der Waals surface area contributed by atoms with Crippen molar-refractivity contribution in [3.63, 3.8) is 0 Å². The summed E-state index contributed by atoms with van der Waals surface area (Å²) in [7, 11) is 3.28. The van der Waals surface area contributed by atoms with Gasteiger partial charge in [-0.25, -0.2) is 0 Å². The SMILES string of the molecule is COc1ccc(CCNC(N)=NCC2CCN(c3cc(Cl)ccc3C)C2)cc1OC.I. The summed E-state index contributed by atoms with van der Waals surface area (Å²) in [5, 5.41) is 3.98. The van der Waals surface area contributed by atoms with Crippen molar-refractivity contribution in [2.45, 2.75) is 19.8 Å². The van der Waals surface area contributed by atoms with Crippen molar-refractivity contribution in [2.75, 3.05) is 45.3 Å². The maximum atomic E-state index is 6.17. The van der Waals surface area contributed by atoms with Crippen LogP contribution in [0.25, 0.3) is 0 Å². The zero-order valence-electron chi connectivity index (χ0n) is 18.4. The first-order chi connectivity index (χ1) is 14.5. The summed E-state index contributed by atoms with van der Waals surface area (Å²) < 4.78 is 10.6. The van der Waals surface area contributed by atoms with Crippen LogP contribution in [0.3, 0.4) is 0 Å². The topological polar surface area (TPSA) is 72.1 Å². The van der Waals surface area contributed by atoms with E-state index >= 15 is 0 Å². The molecule has 1 aliphatic heterocycles. The van der Waals surface area contributed by atoms with Gasteiger partial charge in [-0.15, -0.1) is 24.0 Å². The fourth-order valence-electron chi connectivity index (χ4n) is 3.78. The molecule has 2 aromatic carbocycles. The molecule has 170 valence electrons. The van der Waals surface area contributed by atoms with E-state index in [0.717, 1.165) is 54.6 Å². The summed E-state index contributed by atoms with van der Waals surface area (Å²) in [6, 6.07) is 12.0. The van der Waals surface area contributed by atoms with Gasteiger partial charge in [0.05, 0.1) is 14.2 Å². The first-order valence-electron chi connectivity index (χ1n) is 10.3. The number of halogens is 2. The Hall–Kier alpha value is -1.87. The molecule has 3 rings (SSSR count). The molecule has 0 bridgehead atoms. The number of nitrogens with one attached hydrogen (secondary N) is 1. The number of aryl methyl sites for hydroxylation is 1. The highest BCUT2D eigenvalue weighted by atomic mass is 127. The molecule has 0 spiro atoms. The second-order valence-corrected chi connectivity index (χ2v) is 8.06. The van der Waals surface area contributed by atoms with Gasteiger partial charge in [-0.2, -0.15) is 0 Å². The Morgan fingerprint density at radius 1 is 1.19 bits per heavy atom. The second-order valence-electron chi connectivity index (χ2n) is 7.62. The molecule has 0 aromatic heterocycles. The van der Waals surface area contributed by atoms with Crippen molar-refractivity contribution in [3.05, 3.63) is 52.5 Å². The monoisotopic (exact) mass is 558 g/mol. The van der Waals surface area contributed by atoms with Crippen molar-refractivity contribution in [3.8, 4) is 11.5 Å². The van der Waals surface area contributed by atoms with E-state index in [2.05, 4.69) is 28.2 Å². The van der Waals surface area contributed by atoms with E-state index in [9.17, 15) is 0 Å². The average Bonchev–Trinajstić information content (AvgIpc) is 3.22. The first-order valence-corrected chi connectivity index (χ1v) is 10.6. The average molecular weight is 559 g/mol. The molecule has 1 atom stereocenters. The van der Waals surface area contributed by atoms with Crippen molar-refractivity contribution in [2.24, 2.45) is 16.6 Å². The highest BCUT2D eigenvalue weighted by Crippen LogP contribution is 2.29. The van der Waals surface area contributed by atoms with E-state index in [1.807, 2.05) is 30.3 Å². The lowest BCUT2D eigenvalue weighted by molar-refractivity contribution is 0.354. The maximum absolute atomic E-state index is 6.17. The van der Waals surface area contributed by atoms with E-state index in [1.54, 1.807) is 14.2 Å². The third kappa shape index (κ3) is 7.07. The third-order valence-electron chi connectivity index (χ3n) is 5.49. The van der Waals surface area contributed by atoms with Crippen LogP contribution in [0.15, 0.2) is 41.4 Å². The Labute approximate surface area is 207 Å². The number of aliphatic imine (C=N–C) groups is 1. The van der Waals surface area contributed by atoms with E-state index in [1.165, 1.54) is 11.3 Å². The van der Waals surface area contributed by atoms with Crippen LogP contribution in [-0.4, -0.2) is 46.4 Å². The minimum absolute atomic E-state index is 0. The minimum atomic E-state index is 0. The predicted molar refractivity (Wildman–Crippen MR) is 140 cm³/mol. The molecule has 2 aromatic rings. The summed E-state index contributed by atoms with van der Waals surface area (Å²) in [4.78, 5) is 6.94. The molecule has 1 heterocycles. The fourth-order valence-corrected chi connectivity index (χ4v) is 3.94. The molecule has 1 saturated heterocycles. The molecule has 3 N–H and O–H groups in total. The van der Waals surface area contributed by atoms with E-state index in [0.29, 0.717) is 18.4 Å². The quantitative estimate of drug-likeness (QED) is 0.288. The molecular formula is C23H32ClIN4O2. The fraction of sp³-hybridized carbons (Fsp3) is 0.435. The number of hydrogen-bond acceptors (Lipinski definition) is 4. The Bertz CT molecular complexity index is 894. The Kier molecular flexibility index (Phi) is 10.0. The lowest BCUT2D eigenvalue weighted by Gasteiger charge is -2.21. The minimum Gasteiger partial charge on any atom is -0.493 e. The highest BCUT2D eigenvalue weighted by Gasteiger charge is 2.23. The molecule has 8 heteroatoms. The van der Waals surface area contributed by atoms with Crippen molar-refractivity contribution < 1.29 is 9.47 Å². The summed E-state index contributed by atoms with van der Waals surface area (Å²) in [6.07, 6.45) is 1.93. The first kappa shape index (κ1) is 25.4. The largest absolute Gasteiger partial charge is 0.493 e. The molecule has 1 fully saturated rings. The summed E-state index contributed by atoms with van der Waals surface area (Å²) >= 11 is 6.17. The number of rotatable bonds is 8. The van der Waals surface area contributed by atoms with Crippen LogP contribution >= 0.6 is 35.6 Å². The Morgan fingerprint density at radius 3 is 2.71 bits per heavy atom. The zero-order chi connectivity index (χ0) is 21.5. The van der Waals surface area contributed by atoms with Gasteiger partial charge in [0, 0.05) is 36.9 Å². The number of anilines is 1. The summed E-state index contributed by atoms with van der Waals surface area (Å²) in [6.45, 7) is 5.56. The van der Waals surface area contributed by atoms with Crippen LogP contribution in [0.1, 0.15) is 17.5 Å². The second kappa shape index (κ2) is 12.2. The zero-order valence-corrected chi connectivity index (χ0v) is 21.4. The molecule has 0 saturated carbocycles. The van der Waals surface area contributed by atoms with Gasteiger partial charge in [0.15, 0.2) is 17.5 Å². The molecule has 31 heavy (non-hydrogen) atoms. The predicted octanol–water partition coefficient (Wildman–Crippen LogP) is 4.26. The van der Waals surface area contributed by atoms with Gasteiger partial charge in [0.2, 0.25) is 0 Å². The molecule has 0 aliphatic carbocycles. The number of nitrogens with zero attached hydrogens (tertiary/aromatic N) is 2. The van der Waals surface area contributed by atoms with Crippen LogP contribution in [0.2, 0.25) is 5.02 Å². The number of hydrogen-bond donors (Lipinski definition) is 2. The van der Waals surface area contributed by atoms with Crippen molar-refractivity contribution in [1.82, 2.24) is 5.32 Å². The van der Waals surface area contributed by atoms with Crippen LogP contribution in [-0.2, 0) is 6.42 Å². The summed E-state index contributed by atoms with van der Waals surface area (Å²) in [5.74, 6) is 2.45. The molecule has 0 amide bonds. The molecule has 1 aliphatic rings. The van der Waals surface area contributed by atoms with Gasteiger partial charge >= 0.3 is 0 Å². The molecule has 1 unspecified atom stereocenters. The van der Waals surface area contributed by atoms with Gasteiger partial charge in [-0.05, 0) is 61.1 Å². The number of methoxy groups -OCH3 is 2. The van der Waals surface area contributed by atoms with E-state index in [-0.39, 0.29) is 24.0 Å². The van der Waals surface area contributed by atoms with E-state index < -0.39 is 0 Å². The normalized spacial score (nSPS) is 16.1. The van der Waals surface area contributed by atoms with Crippen molar-refractivity contribution >= 4 is 47.2 Å². The van der Waals surface area contributed by atoms with Gasteiger partial charge in [-0.1, -0.05) is 23.7 Å². The number of nitrogens with two attached hydrogens (primary N) is 1. The summed E-state index contributed by atoms with van der Waals surface area (Å²) in [5.41, 5.74) is 9.69. The van der Waals surface area contributed by atoms with Crippen LogP contribution < -0.4 is 25.4 Å². The Balaban J connectivity index is 0.00000341.